The Morgan fingerprint density at radius 1 is 1.21 bits per heavy atom. The summed E-state index contributed by atoms with van der Waals surface area (Å²) < 4.78 is 33.1. The van der Waals surface area contributed by atoms with Crippen molar-refractivity contribution in [1.82, 2.24) is 9.62 Å². The van der Waals surface area contributed by atoms with Gasteiger partial charge in [0.05, 0.1) is 11.5 Å². The molecule has 2 aliphatic rings. The van der Waals surface area contributed by atoms with E-state index in [1.54, 1.807) is 16.4 Å². The monoisotopic (exact) mass is 352 g/mol. The number of sulfonamides is 1. The highest BCUT2D eigenvalue weighted by atomic mass is 32.2. The summed E-state index contributed by atoms with van der Waals surface area (Å²) in [6.07, 6.45) is 3.18. The molecule has 0 bridgehead atoms. The van der Waals surface area contributed by atoms with Crippen molar-refractivity contribution in [3.63, 3.8) is 0 Å². The van der Waals surface area contributed by atoms with E-state index in [4.69, 9.17) is 4.74 Å². The van der Waals surface area contributed by atoms with Crippen LogP contribution < -0.4 is 10.1 Å². The average Bonchev–Trinajstić information content (AvgIpc) is 3.09. The van der Waals surface area contributed by atoms with Crippen LogP contribution in [0, 0.1) is 18.8 Å². The van der Waals surface area contributed by atoms with Crippen molar-refractivity contribution in [1.29, 1.82) is 0 Å². The molecule has 2 aliphatic heterocycles. The van der Waals surface area contributed by atoms with Crippen LogP contribution in [0.5, 0.6) is 5.75 Å². The Bertz CT molecular complexity index is 661. The molecular weight excluding hydrogens is 324 g/mol. The van der Waals surface area contributed by atoms with Gasteiger partial charge in [0, 0.05) is 13.1 Å². The molecular formula is C18H28N2O3S. The first-order valence-corrected chi connectivity index (χ1v) is 10.4. The first kappa shape index (κ1) is 17.7. The second-order valence-corrected chi connectivity index (χ2v) is 8.76. The van der Waals surface area contributed by atoms with Crippen LogP contribution in [0.3, 0.4) is 0 Å². The van der Waals surface area contributed by atoms with Gasteiger partial charge in [-0.05, 0) is 81.8 Å². The summed E-state index contributed by atoms with van der Waals surface area (Å²) in [4.78, 5) is 0.409. The molecule has 0 aliphatic carbocycles. The fourth-order valence-electron chi connectivity index (χ4n) is 3.97. The highest BCUT2D eigenvalue weighted by Gasteiger charge is 2.34. The Kier molecular flexibility index (Phi) is 5.47. The van der Waals surface area contributed by atoms with Crippen LogP contribution in [0.2, 0.25) is 0 Å². The first-order chi connectivity index (χ1) is 11.5. The van der Waals surface area contributed by atoms with Gasteiger partial charge in [0.1, 0.15) is 5.75 Å². The predicted molar refractivity (Wildman–Crippen MR) is 94.8 cm³/mol. The molecule has 1 unspecified atom stereocenters. The third-order valence-corrected chi connectivity index (χ3v) is 7.40. The van der Waals surface area contributed by atoms with E-state index < -0.39 is 10.0 Å². The lowest BCUT2D eigenvalue weighted by molar-refractivity contribution is 0.216. The lowest BCUT2D eigenvalue weighted by Crippen LogP contribution is -2.40. The fraction of sp³-hybridized carbons (Fsp3) is 0.667. The van der Waals surface area contributed by atoms with Crippen molar-refractivity contribution in [2.24, 2.45) is 11.8 Å². The molecule has 3 rings (SSSR count). The molecule has 2 fully saturated rings. The molecule has 24 heavy (non-hydrogen) atoms. The van der Waals surface area contributed by atoms with Gasteiger partial charge in [0.15, 0.2) is 0 Å². The minimum atomic E-state index is -3.41. The molecule has 1 atom stereocenters. The van der Waals surface area contributed by atoms with Gasteiger partial charge in [-0.25, -0.2) is 8.42 Å². The van der Waals surface area contributed by atoms with Gasteiger partial charge in [-0.2, -0.15) is 4.31 Å². The summed E-state index contributed by atoms with van der Waals surface area (Å²) in [5.41, 5.74) is 0.753. The summed E-state index contributed by atoms with van der Waals surface area (Å²) in [7, 11) is -3.41. The van der Waals surface area contributed by atoms with E-state index in [1.807, 2.05) is 19.9 Å². The molecule has 6 heteroatoms. The quantitative estimate of drug-likeness (QED) is 0.884. The Morgan fingerprint density at radius 3 is 2.54 bits per heavy atom. The molecule has 134 valence electrons. The second-order valence-electron chi connectivity index (χ2n) is 6.85. The maximum absolute atomic E-state index is 13.0. The van der Waals surface area contributed by atoms with Gasteiger partial charge in [-0.15, -0.1) is 0 Å². The molecule has 0 aromatic heterocycles. The third-order valence-electron chi connectivity index (χ3n) is 5.34. The number of benzene rings is 1. The number of aryl methyl sites for hydroxylation is 1. The Hall–Kier alpha value is -1.11. The van der Waals surface area contributed by atoms with Crippen molar-refractivity contribution in [2.45, 2.75) is 38.0 Å². The van der Waals surface area contributed by atoms with Crippen molar-refractivity contribution in [3.8, 4) is 5.75 Å². The van der Waals surface area contributed by atoms with Crippen LogP contribution in [-0.4, -0.2) is 45.5 Å². The molecule has 1 aromatic rings. The second kappa shape index (κ2) is 7.42. The van der Waals surface area contributed by atoms with Gasteiger partial charge in [-0.1, -0.05) is 0 Å². The van der Waals surface area contributed by atoms with Crippen LogP contribution in [0.4, 0.5) is 0 Å². The zero-order valence-corrected chi connectivity index (χ0v) is 15.4. The normalized spacial score (nSPS) is 23.5. The number of hydrogen-bond acceptors (Lipinski definition) is 4. The largest absolute Gasteiger partial charge is 0.494 e. The van der Waals surface area contributed by atoms with E-state index in [0.29, 0.717) is 30.5 Å². The van der Waals surface area contributed by atoms with Crippen molar-refractivity contribution >= 4 is 10.0 Å². The van der Waals surface area contributed by atoms with Crippen LogP contribution in [0.1, 0.15) is 31.7 Å². The first-order valence-electron chi connectivity index (χ1n) is 8.96. The van der Waals surface area contributed by atoms with E-state index in [-0.39, 0.29) is 0 Å². The molecule has 2 saturated heterocycles. The van der Waals surface area contributed by atoms with E-state index in [2.05, 4.69) is 5.32 Å². The lowest BCUT2D eigenvalue weighted by atomic mass is 9.84. The summed E-state index contributed by atoms with van der Waals surface area (Å²) in [6, 6.07) is 5.25. The predicted octanol–water partition coefficient (Wildman–Crippen LogP) is 2.40. The highest BCUT2D eigenvalue weighted by molar-refractivity contribution is 7.89. The molecule has 0 amide bonds. The van der Waals surface area contributed by atoms with Crippen LogP contribution >= 0.6 is 0 Å². The van der Waals surface area contributed by atoms with Gasteiger partial charge in [0.25, 0.3) is 0 Å². The van der Waals surface area contributed by atoms with Crippen molar-refractivity contribution < 1.29 is 13.2 Å². The fourth-order valence-corrected chi connectivity index (χ4v) is 5.65. The number of nitrogens with one attached hydrogen (secondary N) is 1. The van der Waals surface area contributed by atoms with Crippen molar-refractivity contribution in [3.05, 3.63) is 23.8 Å². The Labute approximate surface area is 145 Å². The number of rotatable bonds is 5. The minimum absolute atomic E-state index is 0.409. The number of hydrogen-bond donors (Lipinski definition) is 1. The van der Waals surface area contributed by atoms with Crippen molar-refractivity contribution in [2.75, 3.05) is 32.8 Å². The van der Waals surface area contributed by atoms with E-state index in [9.17, 15) is 8.42 Å². The maximum atomic E-state index is 13.0. The minimum Gasteiger partial charge on any atom is -0.494 e. The molecule has 1 N–H and O–H groups in total. The number of nitrogens with zero attached hydrogens (tertiary/aromatic N) is 1. The molecule has 0 radical (unpaired) electrons. The standard InChI is InChI=1S/C18H28N2O3S/c1-3-23-17-4-5-18(14(2)12-17)24(21,22)20-10-7-15(8-11-20)16-6-9-19-13-16/h4-5,12,15-16,19H,3,6-11,13H2,1-2H3. The highest BCUT2D eigenvalue weighted by Crippen LogP contribution is 2.32. The van der Waals surface area contributed by atoms with Gasteiger partial charge < -0.3 is 10.1 Å². The molecule has 1 aromatic carbocycles. The third kappa shape index (κ3) is 3.60. The van der Waals surface area contributed by atoms with E-state index in [0.717, 1.165) is 43.2 Å². The Balaban J connectivity index is 1.70. The van der Waals surface area contributed by atoms with E-state index in [1.165, 1.54) is 6.42 Å². The summed E-state index contributed by atoms with van der Waals surface area (Å²) in [5.74, 6) is 2.11. The molecule has 0 spiro atoms. The molecule has 2 heterocycles. The van der Waals surface area contributed by atoms with Crippen LogP contribution in [0.25, 0.3) is 0 Å². The van der Waals surface area contributed by atoms with Crippen LogP contribution in [0.15, 0.2) is 23.1 Å². The topological polar surface area (TPSA) is 58.6 Å². The lowest BCUT2D eigenvalue weighted by Gasteiger charge is -2.34. The zero-order chi connectivity index (χ0) is 17.2. The van der Waals surface area contributed by atoms with Gasteiger partial charge in [-0.3, -0.25) is 0 Å². The summed E-state index contributed by atoms with van der Waals surface area (Å²) in [5, 5.41) is 3.42. The molecule has 5 nitrogen and oxygen atoms in total. The van der Waals surface area contributed by atoms with Gasteiger partial charge >= 0.3 is 0 Å². The van der Waals surface area contributed by atoms with Crippen LogP contribution in [-0.2, 0) is 10.0 Å². The summed E-state index contributed by atoms with van der Waals surface area (Å²) in [6.45, 7) is 7.81. The SMILES string of the molecule is CCOc1ccc(S(=O)(=O)N2CCC(C3CCNC3)CC2)c(C)c1. The number of piperidine rings is 1. The van der Waals surface area contributed by atoms with E-state index >= 15 is 0 Å². The Morgan fingerprint density at radius 2 is 1.96 bits per heavy atom. The zero-order valence-electron chi connectivity index (χ0n) is 14.6. The van der Waals surface area contributed by atoms with Gasteiger partial charge in [0.2, 0.25) is 10.0 Å². The smallest absolute Gasteiger partial charge is 0.243 e. The average molecular weight is 353 g/mol. The summed E-state index contributed by atoms with van der Waals surface area (Å²) >= 11 is 0. The maximum Gasteiger partial charge on any atom is 0.243 e. The molecule has 0 saturated carbocycles. The number of ether oxygens (including phenoxy) is 1.